The van der Waals surface area contributed by atoms with Crippen LogP contribution < -0.4 is 5.32 Å². The van der Waals surface area contributed by atoms with Gasteiger partial charge in [0.1, 0.15) is 5.69 Å². The van der Waals surface area contributed by atoms with Gasteiger partial charge < -0.3 is 5.32 Å². The van der Waals surface area contributed by atoms with Crippen molar-refractivity contribution in [1.82, 2.24) is 20.0 Å². The molecule has 1 amide bonds. The van der Waals surface area contributed by atoms with Crippen molar-refractivity contribution >= 4 is 34.1 Å². The molecule has 0 atom stereocenters. The number of aromatic amines is 1. The Labute approximate surface area is 161 Å². The molecule has 0 unspecified atom stereocenters. The van der Waals surface area contributed by atoms with Crippen molar-refractivity contribution < 1.29 is 4.79 Å². The number of fused-ring (bicyclic) bond motifs is 1. The molecule has 0 aliphatic heterocycles. The molecule has 0 fully saturated rings. The molecular formula is C20H18ClN5O. The van der Waals surface area contributed by atoms with E-state index < -0.39 is 0 Å². The molecule has 27 heavy (non-hydrogen) atoms. The largest absolute Gasteiger partial charge is 0.321 e. The second kappa shape index (κ2) is 6.55. The van der Waals surface area contributed by atoms with Crippen molar-refractivity contribution in [1.29, 1.82) is 0 Å². The number of hydrogen-bond acceptors (Lipinski definition) is 3. The van der Waals surface area contributed by atoms with E-state index in [2.05, 4.69) is 20.6 Å². The summed E-state index contributed by atoms with van der Waals surface area (Å²) in [6.45, 7) is 3.92. The Morgan fingerprint density at radius 2 is 1.96 bits per heavy atom. The van der Waals surface area contributed by atoms with Crippen molar-refractivity contribution in [2.45, 2.75) is 13.8 Å². The highest BCUT2D eigenvalue weighted by Crippen LogP contribution is 2.31. The van der Waals surface area contributed by atoms with Crippen LogP contribution in [0.3, 0.4) is 0 Å². The Kier molecular flexibility index (Phi) is 4.20. The van der Waals surface area contributed by atoms with E-state index in [4.69, 9.17) is 11.6 Å². The lowest BCUT2D eigenvalue weighted by atomic mass is 10.1. The number of nitrogens with zero attached hydrogens (tertiary/aromatic N) is 3. The van der Waals surface area contributed by atoms with E-state index >= 15 is 0 Å². The molecule has 6 nitrogen and oxygen atoms in total. The van der Waals surface area contributed by atoms with Crippen LogP contribution in [0.15, 0.2) is 42.7 Å². The van der Waals surface area contributed by atoms with Crippen LogP contribution in [0.2, 0.25) is 5.02 Å². The van der Waals surface area contributed by atoms with Gasteiger partial charge in [0.15, 0.2) is 0 Å². The summed E-state index contributed by atoms with van der Waals surface area (Å²) in [5, 5.41) is 15.7. The summed E-state index contributed by atoms with van der Waals surface area (Å²) in [6.07, 6.45) is 3.61. The first-order valence-corrected chi connectivity index (χ1v) is 8.86. The summed E-state index contributed by atoms with van der Waals surface area (Å²) in [4.78, 5) is 12.9. The molecule has 4 rings (SSSR count). The standard InChI is InChI=1S/C20H18ClN5O/c1-11-5-4-6-12(2)18(11)23-20(27)14-7-15-17(8-16(14)21)24-25-19(15)13-9-22-26(3)10-13/h4-10H,1-3H3,(H,23,27)(H,24,25). The molecule has 0 radical (unpaired) electrons. The normalized spacial score (nSPS) is 11.1. The lowest BCUT2D eigenvalue weighted by Gasteiger charge is -2.12. The fourth-order valence-corrected chi connectivity index (χ4v) is 3.42. The minimum atomic E-state index is -0.252. The third kappa shape index (κ3) is 3.08. The highest BCUT2D eigenvalue weighted by Gasteiger charge is 2.18. The fraction of sp³-hybridized carbons (Fsp3) is 0.150. The molecule has 0 saturated carbocycles. The topological polar surface area (TPSA) is 75.6 Å². The Balaban J connectivity index is 1.77. The number of anilines is 1. The number of nitrogens with one attached hydrogen (secondary N) is 2. The zero-order chi connectivity index (χ0) is 19.1. The number of amides is 1. The molecule has 2 aromatic carbocycles. The van der Waals surface area contributed by atoms with Gasteiger partial charge in [-0.1, -0.05) is 29.8 Å². The third-order valence-corrected chi connectivity index (χ3v) is 4.91. The average molecular weight is 380 g/mol. The van der Waals surface area contributed by atoms with Gasteiger partial charge in [-0.3, -0.25) is 14.6 Å². The molecule has 0 spiro atoms. The number of carbonyl (C=O) groups is 1. The van der Waals surface area contributed by atoms with Gasteiger partial charge >= 0.3 is 0 Å². The molecule has 0 aliphatic carbocycles. The number of halogens is 1. The highest BCUT2D eigenvalue weighted by atomic mass is 35.5. The van der Waals surface area contributed by atoms with Crippen LogP contribution in [0.5, 0.6) is 0 Å². The first kappa shape index (κ1) is 17.3. The van der Waals surface area contributed by atoms with Crippen molar-refractivity contribution in [2.75, 3.05) is 5.32 Å². The number of para-hydroxylation sites is 1. The van der Waals surface area contributed by atoms with Crippen LogP contribution in [0, 0.1) is 13.8 Å². The molecule has 0 bridgehead atoms. The van der Waals surface area contributed by atoms with Crippen molar-refractivity contribution in [3.8, 4) is 11.3 Å². The Morgan fingerprint density at radius 1 is 1.22 bits per heavy atom. The predicted octanol–water partition coefficient (Wildman–Crippen LogP) is 4.49. The van der Waals surface area contributed by atoms with Crippen LogP contribution in [-0.4, -0.2) is 25.9 Å². The SMILES string of the molecule is Cc1cccc(C)c1NC(=O)c1cc2c(-c3cnn(C)c3)n[nH]c2cc1Cl. The first-order valence-electron chi connectivity index (χ1n) is 8.48. The Morgan fingerprint density at radius 3 is 2.63 bits per heavy atom. The average Bonchev–Trinajstić information content (AvgIpc) is 3.23. The van der Waals surface area contributed by atoms with Crippen molar-refractivity contribution in [3.05, 3.63) is 64.4 Å². The van der Waals surface area contributed by atoms with Crippen LogP contribution >= 0.6 is 11.6 Å². The molecular weight excluding hydrogens is 362 g/mol. The minimum Gasteiger partial charge on any atom is -0.321 e. The van der Waals surface area contributed by atoms with E-state index in [-0.39, 0.29) is 5.91 Å². The van der Waals surface area contributed by atoms with Gasteiger partial charge in [0.2, 0.25) is 0 Å². The quantitative estimate of drug-likeness (QED) is 0.550. The van der Waals surface area contributed by atoms with E-state index in [1.54, 1.807) is 23.0 Å². The second-order valence-corrected chi connectivity index (χ2v) is 6.98. The van der Waals surface area contributed by atoms with Crippen LogP contribution in [0.25, 0.3) is 22.2 Å². The summed E-state index contributed by atoms with van der Waals surface area (Å²) in [6, 6.07) is 9.38. The fourth-order valence-electron chi connectivity index (χ4n) is 3.17. The van der Waals surface area contributed by atoms with E-state index in [1.807, 2.05) is 45.3 Å². The number of aromatic nitrogens is 4. The molecule has 2 heterocycles. The summed E-state index contributed by atoms with van der Waals surface area (Å²) < 4.78 is 1.71. The van der Waals surface area contributed by atoms with E-state index in [9.17, 15) is 4.79 Å². The van der Waals surface area contributed by atoms with E-state index in [0.29, 0.717) is 10.6 Å². The Bertz CT molecular complexity index is 1150. The van der Waals surface area contributed by atoms with Gasteiger partial charge in [-0.2, -0.15) is 10.2 Å². The van der Waals surface area contributed by atoms with Crippen molar-refractivity contribution in [2.24, 2.45) is 7.05 Å². The van der Waals surface area contributed by atoms with Gasteiger partial charge in [-0.15, -0.1) is 0 Å². The molecule has 136 valence electrons. The van der Waals surface area contributed by atoms with Gasteiger partial charge in [0.25, 0.3) is 5.91 Å². The number of H-pyrrole nitrogens is 1. The van der Waals surface area contributed by atoms with Gasteiger partial charge in [-0.25, -0.2) is 0 Å². The monoisotopic (exact) mass is 379 g/mol. The lowest BCUT2D eigenvalue weighted by Crippen LogP contribution is -2.14. The molecule has 2 aromatic heterocycles. The predicted molar refractivity (Wildman–Crippen MR) is 107 cm³/mol. The lowest BCUT2D eigenvalue weighted by molar-refractivity contribution is 0.102. The molecule has 4 aromatic rings. The second-order valence-electron chi connectivity index (χ2n) is 6.57. The summed E-state index contributed by atoms with van der Waals surface area (Å²) in [5.41, 5.74) is 5.57. The zero-order valence-electron chi connectivity index (χ0n) is 15.2. The van der Waals surface area contributed by atoms with Crippen molar-refractivity contribution in [3.63, 3.8) is 0 Å². The van der Waals surface area contributed by atoms with Crippen LogP contribution in [0.1, 0.15) is 21.5 Å². The van der Waals surface area contributed by atoms with Gasteiger partial charge in [0.05, 0.1) is 22.3 Å². The maximum absolute atomic E-state index is 12.9. The summed E-state index contributed by atoms with van der Waals surface area (Å²) in [5.74, 6) is -0.252. The van der Waals surface area contributed by atoms with Gasteiger partial charge in [0, 0.05) is 29.9 Å². The third-order valence-electron chi connectivity index (χ3n) is 4.59. The molecule has 2 N–H and O–H groups in total. The molecule has 7 heteroatoms. The Hall–Kier alpha value is -3.12. The number of rotatable bonds is 3. The number of aryl methyl sites for hydroxylation is 3. The van der Waals surface area contributed by atoms with Gasteiger partial charge in [-0.05, 0) is 37.1 Å². The number of benzene rings is 2. The maximum atomic E-state index is 12.9. The molecule has 0 saturated heterocycles. The summed E-state index contributed by atoms with van der Waals surface area (Å²) >= 11 is 6.38. The highest BCUT2D eigenvalue weighted by molar-refractivity contribution is 6.35. The molecule has 0 aliphatic rings. The zero-order valence-corrected chi connectivity index (χ0v) is 15.9. The van der Waals surface area contributed by atoms with Crippen LogP contribution in [-0.2, 0) is 7.05 Å². The minimum absolute atomic E-state index is 0.252. The maximum Gasteiger partial charge on any atom is 0.257 e. The number of hydrogen-bond donors (Lipinski definition) is 2. The van der Waals surface area contributed by atoms with E-state index in [1.165, 1.54) is 0 Å². The van der Waals surface area contributed by atoms with E-state index in [0.717, 1.165) is 39.0 Å². The smallest absolute Gasteiger partial charge is 0.257 e. The van der Waals surface area contributed by atoms with Crippen LogP contribution in [0.4, 0.5) is 5.69 Å². The number of carbonyl (C=O) groups excluding carboxylic acids is 1. The first-order chi connectivity index (χ1) is 12.9. The summed E-state index contributed by atoms with van der Waals surface area (Å²) in [7, 11) is 1.85.